The lowest BCUT2D eigenvalue weighted by molar-refractivity contribution is -0.386. The van der Waals surface area contributed by atoms with Gasteiger partial charge in [-0.2, -0.15) is 5.10 Å². The third-order valence-electron chi connectivity index (χ3n) is 4.12. The van der Waals surface area contributed by atoms with Crippen LogP contribution in [0, 0.1) is 17.0 Å². The van der Waals surface area contributed by atoms with Gasteiger partial charge in [-0.3, -0.25) is 19.6 Å². The molecule has 0 saturated heterocycles. The molecular weight excluding hydrogens is 452 g/mol. The van der Waals surface area contributed by atoms with Crippen molar-refractivity contribution in [3.05, 3.63) is 64.2 Å². The number of nitrogens with zero attached hydrogens (tertiary/aromatic N) is 5. The van der Waals surface area contributed by atoms with Crippen LogP contribution in [0.25, 0.3) is 0 Å². The lowest BCUT2D eigenvalue weighted by Crippen LogP contribution is -2.20. The van der Waals surface area contributed by atoms with Crippen molar-refractivity contribution in [2.24, 2.45) is 0 Å². The Bertz CT molecular complexity index is 1250. The summed E-state index contributed by atoms with van der Waals surface area (Å²) in [4.78, 5) is 29.7. The zero-order valence-electron chi connectivity index (χ0n) is 16.3. The van der Waals surface area contributed by atoms with Crippen molar-refractivity contribution >= 4 is 33.3 Å². The number of carbonyl (C=O) groups excluding carboxylic acids is 1. The van der Waals surface area contributed by atoms with Gasteiger partial charge in [-0.15, -0.1) is 0 Å². The molecule has 12 nitrogen and oxygen atoms in total. The highest BCUT2D eigenvalue weighted by Gasteiger charge is 2.31. The summed E-state index contributed by atoms with van der Waals surface area (Å²) in [6.45, 7) is 0.639. The summed E-state index contributed by atoms with van der Waals surface area (Å²) >= 11 is 0. The van der Waals surface area contributed by atoms with Gasteiger partial charge in [-0.1, -0.05) is 0 Å². The summed E-state index contributed by atoms with van der Waals surface area (Å²) in [5.41, 5.74) is -1.86. The molecule has 2 N–H and O–H groups in total. The Morgan fingerprint density at radius 2 is 1.84 bits per heavy atom. The van der Waals surface area contributed by atoms with Crippen molar-refractivity contribution in [3.63, 3.8) is 0 Å². The molecule has 0 aliphatic carbocycles. The van der Waals surface area contributed by atoms with Gasteiger partial charge in [0.15, 0.2) is 0 Å². The van der Waals surface area contributed by atoms with Gasteiger partial charge in [0, 0.05) is 18.1 Å². The second-order valence-electron chi connectivity index (χ2n) is 6.29. The van der Waals surface area contributed by atoms with E-state index in [1.54, 1.807) is 0 Å². The van der Waals surface area contributed by atoms with E-state index in [0.717, 1.165) is 4.68 Å². The molecule has 0 bridgehead atoms. The van der Waals surface area contributed by atoms with Crippen LogP contribution in [-0.2, 0) is 21.4 Å². The highest BCUT2D eigenvalue weighted by molar-refractivity contribution is 7.92. The van der Waals surface area contributed by atoms with Crippen LogP contribution < -0.4 is 10.0 Å². The van der Waals surface area contributed by atoms with Crippen molar-refractivity contribution in [2.75, 3.05) is 10.0 Å². The highest BCUT2D eigenvalue weighted by atomic mass is 32.2. The summed E-state index contributed by atoms with van der Waals surface area (Å²) < 4.78 is 53.7. The fourth-order valence-electron chi connectivity index (χ4n) is 2.67. The van der Waals surface area contributed by atoms with Gasteiger partial charge in [0.1, 0.15) is 12.2 Å². The predicted molar refractivity (Wildman–Crippen MR) is 106 cm³/mol. The van der Waals surface area contributed by atoms with E-state index in [9.17, 15) is 32.1 Å². The standard InChI is InChI=1S/C17H15F2N7O5S/c1-10-15(26(28)29)14(16(18)19)23-25(10)9-13(27)22-11-3-5-12(6-4-11)32(30,31)24-17-20-7-2-8-21-17/h2-8,16H,9H2,1H3,(H,22,27)(H,20,21,24). The van der Waals surface area contributed by atoms with Gasteiger partial charge in [0.2, 0.25) is 17.5 Å². The maximum absolute atomic E-state index is 13.0. The number of nitro groups is 1. The van der Waals surface area contributed by atoms with Crippen molar-refractivity contribution in [2.45, 2.75) is 24.8 Å². The Morgan fingerprint density at radius 1 is 1.22 bits per heavy atom. The summed E-state index contributed by atoms with van der Waals surface area (Å²) in [5, 5.41) is 16.9. The number of hydrogen-bond acceptors (Lipinski definition) is 8. The van der Waals surface area contributed by atoms with Crippen molar-refractivity contribution in [1.29, 1.82) is 0 Å². The maximum Gasteiger partial charge on any atom is 0.319 e. The smallest absolute Gasteiger partial charge is 0.319 e. The van der Waals surface area contributed by atoms with Crippen LogP contribution in [0.5, 0.6) is 0 Å². The molecule has 15 heteroatoms. The molecule has 2 aromatic heterocycles. The number of halogens is 2. The van der Waals surface area contributed by atoms with Crippen LogP contribution in [0.3, 0.4) is 0 Å². The second-order valence-corrected chi connectivity index (χ2v) is 7.97. The third kappa shape index (κ3) is 5.00. The Balaban J connectivity index is 1.70. The SMILES string of the molecule is Cc1c([N+](=O)[O-])c(C(F)F)nn1CC(=O)Nc1ccc(S(=O)(=O)Nc2ncccn2)cc1. The lowest BCUT2D eigenvalue weighted by atomic mass is 10.3. The number of amides is 1. The molecule has 0 atom stereocenters. The Hall–Kier alpha value is -4.01. The van der Waals surface area contributed by atoms with E-state index in [-0.39, 0.29) is 22.2 Å². The highest BCUT2D eigenvalue weighted by Crippen LogP contribution is 2.30. The van der Waals surface area contributed by atoms with Crippen LogP contribution in [-0.4, -0.2) is 39.0 Å². The minimum absolute atomic E-state index is 0.114. The first-order chi connectivity index (χ1) is 15.1. The average molecular weight is 467 g/mol. The molecule has 0 radical (unpaired) electrons. The number of benzene rings is 1. The summed E-state index contributed by atoms with van der Waals surface area (Å²) in [6, 6.07) is 6.58. The number of aromatic nitrogens is 4. The minimum Gasteiger partial charge on any atom is -0.324 e. The first-order valence-electron chi connectivity index (χ1n) is 8.78. The topological polar surface area (TPSA) is 162 Å². The van der Waals surface area contributed by atoms with Crippen molar-refractivity contribution in [3.8, 4) is 0 Å². The number of hydrogen-bond donors (Lipinski definition) is 2. The summed E-state index contributed by atoms with van der Waals surface area (Å²) in [5.74, 6) is -0.825. The molecular formula is C17H15F2N7O5S. The number of rotatable bonds is 8. The fourth-order valence-corrected chi connectivity index (χ4v) is 3.63. The quantitative estimate of drug-likeness (QED) is 0.376. The minimum atomic E-state index is -3.97. The van der Waals surface area contributed by atoms with Crippen LogP contribution in [0.4, 0.5) is 26.1 Å². The van der Waals surface area contributed by atoms with Crippen LogP contribution in [0.2, 0.25) is 0 Å². The van der Waals surface area contributed by atoms with Gasteiger partial charge in [0.25, 0.3) is 16.4 Å². The Morgan fingerprint density at radius 3 is 2.38 bits per heavy atom. The zero-order chi connectivity index (χ0) is 23.5. The summed E-state index contributed by atoms with van der Waals surface area (Å²) in [6.07, 6.45) is -0.448. The van der Waals surface area contributed by atoms with Crippen molar-refractivity contribution in [1.82, 2.24) is 19.7 Å². The number of nitrogens with one attached hydrogen (secondary N) is 2. The molecule has 0 spiro atoms. The van der Waals surface area contributed by atoms with Gasteiger partial charge in [0.05, 0.1) is 9.82 Å². The van der Waals surface area contributed by atoms with Gasteiger partial charge >= 0.3 is 5.69 Å². The molecule has 0 aliphatic rings. The maximum atomic E-state index is 13.0. The van der Waals surface area contributed by atoms with E-state index in [1.165, 1.54) is 49.6 Å². The molecule has 0 unspecified atom stereocenters. The number of anilines is 2. The molecule has 2 heterocycles. The van der Waals surface area contributed by atoms with Crippen molar-refractivity contribution < 1.29 is 26.9 Å². The fraction of sp³-hybridized carbons (Fsp3) is 0.176. The molecule has 3 aromatic rings. The normalized spacial score (nSPS) is 11.4. The molecule has 0 aliphatic heterocycles. The molecule has 0 saturated carbocycles. The molecule has 1 aromatic carbocycles. The largest absolute Gasteiger partial charge is 0.324 e. The van der Waals surface area contributed by atoms with E-state index in [1.807, 2.05) is 0 Å². The number of alkyl halides is 2. The first-order valence-corrected chi connectivity index (χ1v) is 10.3. The number of sulfonamides is 1. The molecule has 0 fully saturated rings. The molecule has 32 heavy (non-hydrogen) atoms. The lowest BCUT2D eigenvalue weighted by Gasteiger charge is -2.09. The van der Waals surface area contributed by atoms with Crippen LogP contribution in [0.15, 0.2) is 47.6 Å². The van der Waals surface area contributed by atoms with Gasteiger partial charge in [-0.25, -0.2) is 31.9 Å². The van der Waals surface area contributed by atoms with E-state index in [4.69, 9.17) is 0 Å². The van der Waals surface area contributed by atoms with E-state index >= 15 is 0 Å². The second kappa shape index (κ2) is 9.01. The summed E-state index contributed by atoms with van der Waals surface area (Å²) in [7, 11) is -3.97. The third-order valence-corrected chi connectivity index (χ3v) is 5.47. The van der Waals surface area contributed by atoms with Gasteiger partial charge in [-0.05, 0) is 37.3 Å². The van der Waals surface area contributed by atoms with E-state index in [2.05, 4.69) is 25.1 Å². The van der Waals surface area contributed by atoms with E-state index in [0.29, 0.717) is 0 Å². The van der Waals surface area contributed by atoms with Crippen LogP contribution in [0.1, 0.15) is 17.8 Å². The van der Waals surface area contributed by atoms with E-state index < -0.39 is 45.2 Å². The molecule has 1 amide bonds. The van der Waals surface area contributed by atoms with Crippen LogP contribution >= 0.6 is 0 Å². The Labute approximate surface area is 179 Å². The predicted octanol–water partition coefficient (Wildman–Crippen LogP) is 2.27. The zero-order valence-corrected chi connectivity index (χ0v) is 17.1. The molecule has 168 valence electrons. The molecule has 3 rings (SSSR count). The number of carbonyl (C=O) groups is 1. The monoisotopic (exact) mass is 467 g/mol. The average Bonchev–Trinajstić information content (AvgIpc) is 3.05. The first kappa shape index (κ1) is 22.7. The Kier molecular flexibility index (Phi) is 6.38. The van der Waals surface area contributed by atoms with Gasteiger partial charge < -0.3 is 5.32 Å².